The third kappa shape index (κ3) is 1.75. The first kappa shape index (κ1) is 9.02. The summed E-state index contributed by atoms with van der Waals surface area (Å²) in [4.78, 5) is 3.13. The van der Waals surface area contributed by atoms with Crippen LogP contribution >= 0.6 is 11.6 Å². The standard InChI is InChI=1S/C9H7ClFN/c1-12-9(6-11)7-4-2-3-5-8(7)10/h2-5,9H,6H2. The maximum atomic E-state index is 12.3. The van der Waals surface area contributed by atoms with Crippen molar-refractivity contribution in [3.63, 3.8) is 0 Å². The summed E-state index contributed by atoms with van der Waals surface area (Å²) < 4.78 is 12.3. The smallest absolute Gasteiger partial charge is 0.278 e. The predicted molar refractivity (Wildman–Crippen MR) is 46.8 cm³/mol. The first-order valence-electron chi connectivity index (χ1n) is 3.46. The molecule has 0 bridgehead atoms. The molecule has 0 saturated carbocycles. The molecule has 1 rings (SSSR count). The van der Waals surface area contributed by atoms with E-state index in [2.05, 4.69) is 4.85 Å². The minimum atomic E-state index is -0.751. The Morgan fingerprint density at radius 2 is 2.17 bits per heavy atom. The average Bonchev–Trinajstić information content (AvgIpc) is 2.10. The summed E-state index contributed by atoms with van der Waals surface area (Å²) in [6.45, 7) is 6.03. The van der Waals surface area contributed by atoms with E-state index in [9.17, 15) is 4.39 Å². The second-order valence-electron chi connectivity index (χ2n) is 2.32. The van der Waals surface area contributed by atoms with Crippen LogP contribution in [0.3, 0.4) is 0 Å². The van der Waals surface area contributed by atoms with Gasteiger partial charge in [-0.2, -0.15) is 0 Å². The topological polar surface area (TPSA) is 4.36 Å². The molecule has 0 aromatic heterocycles. The summed E-state index contributed by atoms with van der Waals surface area (Å²) in [7, 11) is 0. The molecule has 0 radical (unpaired) electrons. The molecule has 3 heteroatoms. The van der Waals surface area contributed by atoms with Crippen LogP contribution in [0.1, 0.15) is 11.6 Å². The Morgan fingerprint density at radius 1 is 1.50 bits per heavy atom. The van der Waals surface area contributed by atoms with E-state index >= 15 is 0 Å². The molecule has 0 N–H and O–H groups in total. The summed E-state index contributed by atoms with van der Waals surface area (Å²) in [5, 5.41) is 0.455. The van der Waals surface area contributed by atoms with Crippen LogP contribution in [-0.2, 0) is 0 Å². The second-order valence-corrected chi connectivity index (χ2v) is 2.73. The van der Waals surface area contributed by atoms with Gasteiger partial charge in [-0.1, -0.05) is 23.7 Å². The molecule has 1 aromatic carbocycles. The van der Waals surface area contributed by atoms with E-state index in [0.717, 1.165) is 0 Å². The van der Waals surface area contributed by atoms with Gasteiger partial charge in [0.25, 0.3) is 6.04 Å². The van der Waals surface area contributed by atoms with E-state index in [1.165, 1.54) is 0 Å². The summed E-state index contributed by atoms with van der Waals surface area (Å²) in [5.41, 5.74) is 0.566. The normalized spacial score (nSPS) is 12.1. The molecule has 0 heterocycles. The fourth-order valence-corrected chi connectivity index (χ4v) is 1.19. The number of alkyl halides is 1. The van der Waals surface area contributed by atoms with Crippen molar-refractivity contribution in [2.75, 3.05) is 6.67 Å². The first-order chi connectivity index (χ1) is 5.79. The Kier molecular flexibility index (Phi) is 3.07. The largest absolute Gasteiger partial charge is 0.305 e. The second kappa shape index (κ2) is 4.08. The molecular formula is C9H7ClFN. The van der Waals surface area contributed by atoms with Gasteiger partial charge in [0.15, 0.2) is 6.67 Å². The molecule has 0 amide bonds. The van der Waals surface area contributed by atoms with Crippen LogP contribution in [0.5, 0.6) is 0 Å². The van der Waals surface area contributed by atoms with Crippen LogP contribution in [0, 0.1) is 6.57 Å². The van der Waals surface area contributed by atoms with Crippen molar-refractivity contribution < 1.29 is 4.39 Å². The maximum absolute atomic E-state index is 12.3. The van der Waals surface area contributed by atoms with Gasteiger partial charge < -0.3 is 4.85 Å². The van der Waals surface area contributed by atoms with Crippen molar-refractivity contribution in [1.29, 1.82) is 0 Å². The highest BCUT2D eigenvalue weighted by Gasteiger charge is 2.17. The van der Waals surface area contributed by atoms with Crippen LogP contribution in [-0.4, -0.2) is 6.67 Å². The van der Waals surface area contributed by atoms with Gasteiger partial charge in [-0.15, -0.1) is 0 Å². The number of nitrogens with zero attached hydrogens (tertiary/aromatic N) is 1. The van der Waals surface area contributed by atoms with Gasteiger partial charge in [-0.25, -0.2) is 11.0 Å². The summed E-state index contributed by atoms with van der Waals surface area (Å²) in [6, 6.07) is 6.08. The van der Waals surface area contributed by atoms with Gasteiger partial charge in [-0.05, 0) is 12.1 Å². The molecule has 0 aliphatic rings. The van der Waals surface area contributed by atoms with Crippen molar-refractivity contribution in [2.45, 2.75) is 6.04 Å². The van der Waals surface area contributed by atoms with Gasteiger partial charge in [0, 0.05) is 0 Å². The summed E-state index contributed by atoms with van der Waals surface area (Å²) >= 11 is 5.77. The van der Waals surface area contributed by atoms with Gasteiger partial charge in [-0.3, -0.25) is 0 Å². The van der Waals surface area contributed by atoms with E-state index in [4.69, 9.17) is 18.2 Å². The van der Waals surface area contributed by atoms with E-state index < -0.39 is 12.7 Å². The fourth-order valence-electron chi connectivity index (χ4n) is 0.933. The Hall–Kier alpha value is -1.07. The Balaban J connectivity index is 3.02. The quantitative estimate of drug-likeness (QED) is 0.620. The van der Waals surface area contributed by atoms with E-state index in [-0.39, 0.29) is 0 Å². The van der Waals surface area contributed by atoms with Gasteiger partial charge in [0.05, 0.1) is 10.6 Å². The minimum absolute atomic E-state index is 0.455. The van der Waals surface area contributed by atoms with E-state index in [0.29, 0.717) is 10.6 Å². The molecule has 12 heavy (non-hydrogen) atoms. The molecule has 0 aliphatic carbocycles. The lowest BCUT2D eigenvalue weighted by Crippen LogP contribution is -1.95. The Bertz CT molecular complexity index is 306. The van der Waals surface area contributed by atoms with E-state index in [1.54, 1.807) is 24.3 Å². The van der Waals surface area contributed by atoms with E-state index in [1.807, 2.05) is 0 Å². The van der Waals surface area contributed by atoms with Crippen molar-refractivity contribution >= 4 is 11.6 Å². The van der Waals surface area contributed by atoms with Crippen LogP contribution in [0.2, 0.25) is 5.02 Å². The predicted octanol–water partition coefficient (Wildman–Crippen LogP) is 3.27. The van der Waals surface area contributed by atoms with Gasteiger partial charge >= 0.3 is 0 Å². The fraction of sp³-hybridized carbons (Fsp3) is 0.222. The third-order valence-corrected chi connectivity index (χ3v) is 1.91. The Morgan fingerprint density at radius 3 is 2.67 bits per heavy atom. The number of benzene rings is 1. The molecule has 0 fully saturated rings. The summed E-state index contributed by atoms with van der Waals surface area (Å²) in [6.07, 6.45) is 0. The molecule has 62 valence electrons. The average molecular weight is 184 g/mol. The zero-order chi connectivity index (χ0) is 8.97. The number of halogens is 2. The van der Waals surface area contributed by atoms with Crippen LogP contribution in [0.4, 0.5) is 4.39 Å². The van der Waals surface area contributed by atoms with Crippen molar-refractivity contribution in [1.82, 2.24) is 0 Å². The molecule has 1 unspecified atom stereocenters. The molecule has 1 nitrogen and oxygen atoms in total. The van der Waals surface area contributed by atoms with Crippen molar-refractivity contribution in [3.8, 4) is 0 Å². The minimum Gasteiger partial charge on any atom is -0.305 e. The highest BCUT2D eigenvalue weighted by atomic mass is 35.5. The number of rotatable bonds is 2. The highest BCUT2D eigenvalue weighted by molar-refractivity contribution is 6.31. The number of hydrogen-bond donors (Lipinski definition) is 0. The molecule has 0 aliphatic heterocycles. The van der Waals surface area contributed by atoms with Crippen LogP contribution in [0.25, 0.3) is 4.85 Å². The first-order valence-corrected chi connectivity index (χ1v) is 3.84. The molecule has 1 aromatic rings. The Labute approximate surface area is 75.6 Å². The summed E-state index contributed by atoms with van der Waals surface area (Å²) in [5.74, 6) is 0. The van der Waals surface area contributed by atoms with Gasteiger partial charge in [0.2, 0.25) is 0 Å². The lowest BCUT2D eigenvalue weighted by atomic mass is 10.1. The molecular weight excluding hydrogens is 177 g/mol. The SMILES string of the molecule is [C-]#[N+]C(CF)c1ccccc1Cl. The van der Waals surface area contributed by atoms with Gasteiger partial charge in [0.1, 0.15) is 0 Å². The van der Waals surface area contributed by atoms with Crippen LogP contribution < -0.4 is 0 Å². The third-order valence-electron chi connectivity index (χ3n) is 1.57. The highest BCUT2D eigenvalue weighted by Crippen LogP contribution is 2.25. The lowest BCUT2D eigenvalue weighted by Gasteiger charge is -2.02. The monoisotopic (exact) mass is 183 g/mol. The van der Waals surface area contributed by atoms with Crippen LogP contribution in [0.15, 0.2) is 24.3 Å². The van der Waals surface area contributed by atoms with Crippen molar-refractivity contribution in [2.24, 2.45) is 0 Å². The lowest BCUT2D eigenvalue weighted by molar-refractivity contribution is 0.465. The van der Waals surface area contributed by atoms with Crippen molar-refractivity contribution in [3.05, 3.63) is 46.3 Å². The molecule has 1 atom stereocenters. The zero-order valence-corrected chi connectivity index (χ0v) is 7.05. The maximum Gasteiger partial charge on any atom is 0.278 e. The molecule has 0 saturated heterocycles. The zero-order valence-electron chi connectivity index (χ0n) is 6.30. The molecule has 0 spiro atoms. The number of hydrogen-bond acceptors (Lipinski definition) is 0.